The van der Waals surface area contributed by atoms with Crippen molar-refractivity contribution in [1.29, 1.82) is 0 Å². The Bertz CT molecular complexity index is 121. The highest BCUT2D eigenvalue weighted by Crippen LogP contribution is 2.18. The van der Waals surface area contributed by atoms with Crippen molar-refractivity contribution in [3.8, 4) is 0 Å². The molecule has 0 aliphatic rings. The van der Waals surface area contributed by atoms with Crippen LogP contribution in [0, 0.1) is 5.92 Å². The van der Waals surface area contributed by atoms with Crippen LogP contribution in [0.3, 0.4) is 0 Å². The Morgan fingerprint density at radius 3 is 2.33 bits per heavy atom. The Hall–Kier alpha value is -0.530. The van der Waals surface area contributed by atoms with Crippen molar-refractivity contribution in [2.45, 2.75) is 52.4 Å². The summed E-state index contributed by atoms with van der Waals surface area (Å²) in [6.45, 7) is 4.25. The van der Waals surface area contributed by atoms with Gasteiger partial charge in [-0.3, -0.25) is 4.79 Å². The van der Waals surface area contributed by atoms with Crippen LogP contribution >= 0.6 is 0 Å². The van der Waals surface area contributed by atoms with E-state index in [1.807, 2.05) is 0 Å². The third-order valence-electron chi connectivity index (χ3n) is 2.13. The van der Waals surface area contributed by atoms with Crippen LogP contribution in [0.4, 0.5) is 0 Å². The zero-order valence-electron chi connectivity index (χ0n) is 8.18. The number of carboxylic acid groups (broad SMARTS) is 1. The Labute approximate surface area is 75.0 Å². The van der Waals surface area contributed by atoms with Gasteiger partial charge in [0.1, 0.15) is 0 Å². The molecule has 0 fully saturated rings. The Kier molecular flexibility index (Phi) is 6.82. The summed E-state index contributed by atoms with van der Waals surface area (Å²) in [7, 11) is 0. The van der Waals surface area contributed by atoms with Crippen molar-refractivity contribution in [3.63, 3.8) is 0 Å². The molecule has 0 aliphatic carbocycles. The maximum Gasteiger partial charge on any atom is 0.303 e. The van der Waals surface area contributed by atoms with Gasteiger partial charge in [-0.05, 0) is 12.3 Å². The first-order valence-electron chi connectivity index (χ1n) is 4.92. The number of carbonyl (C=O) groups is 1. The number of hydrogen-bond acceptors (Lipinski definition) is 1. The fraction of sp³-hybridized carbons (Fsp3) is 0.900. The molecule has 0 aliphatic heterocycles. The minimum atomic E-state index is -0.649. The molecule has 1 atom stereocenters. The molecule has 0 aromatic heterocycles. The van der Waals surface area contributed by atoms with Crippen molar-refractivity contribution in [2.75, 3.05) is 0 Å². The highest BCUT2D eigenvalue weighted by molar-refractivity contribution is 5.66. The van der Waals surface area contributed by atoms with E-state index in [9.17, 15) is 4.79 Å². The molecular weight excluding hydrogens is 152 g/mol. The lowest BCUT2D eigenvalue weighted by atomic mass is 9.94. The van der Waals surface area contributed by atoms with Gasteiger partial charge in [0.05, 0.1) is 0 Å². The molecule has 0 saturated carbocycles. The average Bonchev–Trinajstić information content (AvgIpc) is 2.00. The summed E-state index contributed by atoms with van der Waals surface area (Å²) in [4.78, 5) is 10.4. The predicted molar refractivity (Wildman–Crippen MR) is 50.2 cm³/mol. The third-order valence-corrected chi connectivity index (χ3v) is 2.13. The summed E-state index contributed by atoms with van der Waals surface area (Å²) in [5, 5.41) is 8.61. The van der Waals surface area contributed by atoms with Crippen LogP contribution in [0.15, 0.2) is 0 Å². The molecule has 1 N–H and O–H groups in total. The van der Waals surface area contributed by atoms with Crippen LogP contribution in [-0.4, -0.2) is 11.1 Å². The molecule has 0 aromatic rings. The van der Waals surface area contributed by atoms with Crippen LogP contribution in [0.2, 0.25) is 0 Å². The highest BCUT2D eigenvalue weighted by atomic mass is 16.4. The van der Waals surface area contributed by atoms with Gasteiger partial charge in [0.25, 0.3) is 0 Å². The van der Waals surface area contributed by atoms with Gasteiger partial charge in [-0.15, -0.1) is 0 Å². The van der Waals surface area contributed by atoms with Crippen molar-refractivity contribution in [1.82, 2.24) is 0 Å². The monoisotopic (exact) mass is 172 g/mol. The lowest BCUT2D eigenvalue weighted by molar-refractivity contribution is -0.138. The summed E-state index contributed by atoms with van der Waals surface area (Å²) in [5.74, 6) is -0.239. The van der Waals surface area contributed by atoms with Crippen molar-refractivity contribution >= 4 is 5.97 Å². The van der Waals surface area contributed by atoms with Gasteiger partial charge in [0, 0.05) is 6.42 Å². The van der Waals surface area contributed by atoms with E-state index in [-0.39, 0.29) is 0 Å². The molecule has 72 valence electrons. The molecule has 0 spiro atoms. The first kappa shape index (κ1) is 11.5. The maximum absolute atomic E-state index is 10.4. The molecular formula is C10H20O2. The van der Waals surface area contributed by atoms with E-state index in [4.69, 9.17) is 5.11 Å². The van der Waals surface area contributed by atoms with E-state index < -0.39 is 5.97 Å². The van der Waals surface area contributed by atoms with Crippen LogP contribution in [0.25, 0.3) is 0 Å². The number of aliphatic carboxylic acids is 1. The third kappa shape index (κ3) is 6.20. The molecule has 1 unspecified atom stereocenters. The first-order valence-corrected chi connectivity index (χ1v) is 4.92. The Balaban J connectivity index is 3.61. The van der Waals surface area contributed by atoms with E-state index in [0.29, 0.717) is 12.3 Å². The quantitative estimate of drug-likeness (QED) is 0.640. The predicted octanol–water partition coefficient (Wildman–Crippen LogP) is 3.07. The largest absolute Gasteiger partial charge is 0.481 e. The second kappa shape index (κ2) is 7.14. The average molecular weight is 172 g/mol. The van der Waals surface area contributed by atoms with Gasteiger partial charge in [0.15, 0.2) is 0 Å². The van der Waals surface area contributed by atoms with Gasteiger partial charge in [-0.25, -0.2) is 0 Å². The van der Waals surface area contributed by atoms with Crippen LogP contribution in [0.5, 0.6) is 0 Å². The van der Waals surface area contributed by atoms with Crippen molar-refractivity contribution in [3.05, 3.63) is 0 Å². The topological polar surface area (TPSA) is 37.3 Å². The van der Waals surface area contributed by atoms with E-state index in [1.165, 1.54) is 6.42 Å². The number of rotatable bonds is 7. The van der Waals surface area contributed by atoms with Crippen molar-refractivity contribution < 1.29 is 9.90 Å². The van der Waals surface area contributed by atoms with E-state index in [1.54, 1.807) is 0 Å². The van der Waals surface area contributed by atoms with Gasteiger partial charge in [-0.2, -0.15) is 0 Å². The van der Waals surface area contributed by atoms with Gasteiger partial charge in [0.2, 0.25) is 0 Å². The Morgan fingerprint density at radius 2 is 1.92 bits per heavy atom. The maximum atomic E-state index is 10.4. The zero-order chi connectivity index (χ0) is 9.40. The van der Waals surface area contributed by atoms with E-state index >= 15 is 0 Å². The fourth-order valence-corrected chi connectivity index (χ4v) is 1.50. The van der Waals surface area contributed by atoms with Crippen LogP contribution < -0.4 is 0 Å². The molecule has 2 heteroatoms. The minimum absolute atomic E-state index is 0.355. The summed E-state index contributed by atoms with van der Waals surface area (Å²) in [6, 6.07) is 0. The number of carboxylic acids is 1. The number of unbranched alkanes of at least 4 members (excludes halogenated alkanes) is 1. The molecule has 0 saturated heterocycles. The minimum Gasteiger partial charge on any atom is -0.481 e. The fourth-order valence-electron chi connectivity index (χ4n) is 1.50. The highest BCUT2D eigenvalue weighted by Gasteiger charge is 2.10. The summed E-state index contributed by atoms with van der Waals surface area (Å²) < 4.78 is 0. The molecule has 0 bridgehead atoms. The van der Waals surface area contributed by atoms with Gasteiger partial charge >= 0.3 is 5.97 Å². The van der Waals surface area contributed by atoms with E-state index in [0.717, 1.165) is 25.7 Å². The van der Waals surface area contributed by atoms with E-state index in [2.05, 4.69) is 13.8 Å². The zero-order valence-corrected chi connectivity index (χ0v) is 8.18. The second-order valence-electron chi connectivity index (χ2n) is 3.39. The number of hydrogen-bond donors (Lipinski definition) is 1. The molecule has 0 amide bonds. The normalized spacial score (nSPS) is 12.8. The van der Waals surface area contributed by atoms with Crippen LogP contribution in [-0.2, 0) is 4.79 Å². The molecule has 12 heavy (non-hydrogen) atoms. The lowest BCUT2D eigenvalue weighted by Gasteiger charge is -2.12. The SMILES string of the molecule is CCCCC(CCC)CC(=O)O. The molecule has 0 aromatic carbocycles. The smallest absolute Gasteiger partial charge is 0.303 e. The molecule has 2 nitrogen and oxygen atoms in total. The Morgan fingerprint density at radius 1 is 1.25 bits per heavy atom. The van der Waals surface area contributed by atoms with Gasteiger partial charge < -0.3 is 5.11 Å². The second-order valence-corrected chi connectivity index (χ2v) is 3.39. The standard InChI is InChI=1S/C10H20O2/c1-3-5-7-9(6-4-2)8-10(11)12/h9H,3-8H2,1-2H3,(H,11,12). The lowest BCUT2D eigenvalue weighted by Crippen LogP contribution is -2.07. The van der Waals surface area contributed by atoms with Crippen molar-refractivity contribution in [2.24, 2.45) is 5.92 Å². The molecule has 0 rings (SSSR count). The first-order chi connectivity index (χ1) is 5.70. The van der Waals surface area contributed by atoms with Crippen LogP contribution in [0.1, 0.15) is 52.4 Å². The molecule has 0 heterocycles. The molecule has 0 radical (unpaired) electrons. The summed E-state index contributed by atoms with van der Waals surface area (Å²) >= 11 is 0. The summed E-state index contributed by atoms with van der Waals surface area (Å²) in [6.07, 6.45) is 5.93. The van der Waals surface area contributed by atoms with Gasteiger partial charge in [-0.1, -0.05) is 39.5 Å². The summed E-state index contributed by atoms with van der Waals surface area (Å²) in [5.41, 5.74) is 0.